The van der Waals surface area contributed by atoms with Gasteiger partial charge in [0.05, 0.1) is 0 Å². The van der Waals surface area contributed by atoms with Gasteiger partial charge in [-0.1, -0.05) is 0 Å². The van der Waals surface area contributed by atoms with E-state index >= 15 is 0 Å². The Bertz CT molecular complexity index is 2980. The van der Waals surface area contributed by atoms with Gasteiger partial charge in [-0.15, -0.1) is 0 Å². The van der Waals surface area contributed by atoms with Gasteiger partial charge in [-0.3, -0.25) is 0 Å². The van der Waals surface area contributed by atoms with Crippen LogP contribution in [0, 0.1) is 13.8 Å². The van der Waals surface area contributed by atoms with Crippen LogP contribution in [0.25, 0.3) is 45.5 Å². The SMILES string of the molecule is CCCCC1=Cc2c(ccc(C)c2-c2cc([Si](C)(C)C)cc([Si](C)(C)C)c2)[CH]1[Zr]([Cl])([Cl])([c]1cccc2c1[SiH2]c1ccccc1-2)[CH]1C(CCCC)=Cc2c1ccc(C)c2-c1cc([Si](C)(C)C)cc([Si](C)(C)C)c1. The monoisotopic (exact) mass is 1150 g/mol. The minimum atomic E-state index is -5.79. The Balaban J connectivity index is 1.39. The van der Waals surface area contributed by atoms with Crippen molar-refractivity contribution in [2.45, 2.75) is 152 Å². The maximum atomic E-state index is 9.72. The summed E-state index contributed by atoms with van der Waals surface area (Å²) in [5, 5.41) is 9.23. The third-order valence-corrected chi connectivity index (χ3v) is 47.8. The summed E-state index contributed by atoms with van der Waals surface area (Å²) >= 11 is -5.79. The van der Waals surface area contributed by atoms with Gasteiger partial charge in [0, 0.05) is 0 Å². The summed E-state index contributed by atoms with van der Waals surface area (Å²) in [6, 6.07) is 41.8. The van der Waals surface area contributed by atoms with Crippen molar-refractivity contribution in [3.8, 4) is 33.4 Å². The first-order valence-corrected chi connectivity index (χ1v) is 53.3. The van der Waals surface area contributed by atoms with Crippen molar-refractivity contribution in [3.63, 3.8) is 0 Å². The van der Waals surface area contributed by atoms with Crippen molar-refractivity contribution in [3.05, 3.63) is 148 Å². The molecule has 0 N–H and O–H groups in total. The van der Waals surface area contributed by atoms with Gasteiger partial charge < -0.3 is 0 Å². The quantitative estimate of drug-likeness (QED) is 0.0898. The van der Waals surface area contributed by atoms with Crippen LogP contribution in [0.2, 0.25) is 78.6 Å². The van der Waals surface area contributed by atoms with E-state index in [-0.39, 0.29) is 7.25 Å². The number of hydrogen-bond donors (Lipinski definition) is 0. The number of unbranched alkanes of at least 4 members (excludes halogenated alkanes) is 2. The summed E-state index contributed by atoms with van der Waals surface area (Å²) in [6.07, 6.45) is 11.7. The van der Waals surface area contributed by atoms with E-state index in [0.717, 1.165) is 38.5 Å². The number of benzene rings is 6. The van der Waals surface area contributed by atoms with Crippen LogP contribution in [-0.2, 0) is 16.4 Å². The molecule has 1 aliphatic heterocycles. The van der Waals surface area contributed by atoms with Crippen molar-refractivity contribution in [1.29, 1.82) is 0 Å². The first-order chi connectivity index (χ1) is 33.7. The molecule has 0 amide bonds. The standard InChI is InChI=1S/2C26H37Si2.C12H9Si.2ClH.Zr/c2*1-9-10-11-20-14-21-13-12-19(2)26(25(21)15-20)22-16-23(27(3,4)5)18-24(17-22)28(6,7)8;1-3-7-11-9(5-1)10-6-2-4-8-12(10)13-11;;;/h2*12-18H,9-11H2,1-8H3;1-7H,13H2;2*1H;/q;;;;;+2/p-2. The average Bonchev–Trinajstić information content (AvgIpc) is 4.01. The number of hydrogen-bond acceptors (Lipinski definition) is 0. The molecule has 0 aromatic heterocycles. The molecule has 72 heavy (non-hydrogen) atoms. The molecule has 0 nitrogen and oxygen atoms in total. The molecule has 377 valence electrons. The van der Waals surface area contributed by atoms with Gasteiger partial charge in [0.15, 0.2) is 0 Å². The molecular formula is C64H83Cl2Si5Zr. The van der Waals surface area contributed by atoms with Crippen LogP contribution in [0.5, 0.6) is 0 Å². The van der Waals surface area contributed by atoms with Gasteiger partial charge >= 0.3 is 455 Å². The van der Waals surface area contributed by atoms with Gasteiger partial charge in [-0.2, -0.15) is 0 Å². The van der Waals surface area contributed by atoms with Gasteiger partial charge in [-0.05, 0) is 0 Å². The Kier molecular flexibility index (Phi) is 14.6. The summed E-state index contributed by atoms with van der Waals surface area (Å²) in [5.41, 5.74) is 19.4. The van der Waals surface area contributed by atoms with Crippen molar-refractivity contribution in [2.75, 3.05) is 0 Å². The first kappa shape index (κ1) is 54.1. The van der Waals surface area contributed by atoms with E-state index in [2.05, 4.69) is 222 Å². The predicted octanol–water partition coefficient (Wildman–Crippen LogP) is 15.2. The van der Waals surface area contributed by atoms with Crippen LogP contribution in [-0.4, -0.2) is 41.8 Å². The zero-order chi connectivity index (χ0) is 52.1. The Morgan fingerprint density at radius 2 is 0.889 bits per heavy atom. The summed E-state index contributed by atoms with van der Waals surface area (Å²) in [6.45, 7) is 39.6. The second kappa shape index (κ2) is 19.4. The molecule has 6 aromatic rings. The van der Waals surface area contributed by atoms with Crippen LogP contribution >= 0.6 is 17.0 Å². The van der Waals surface area contributed by atoms with Crippen LogP contribution in [0.15, 0.2) is 114 Å². The summed E-state index contributed by atoms with van der Waals surface area (Å²) in [4.78, 5) is 0. The Morgan fingerprint density at radius 1 is 0.486 bits per heavy atom. The normalized spacial score (nSPS) is 17.6. The molecule has 2 atom stereocenters. The molecule has 2 aliphatic carbocycles. The van der Waals surface area contributed by atoms with Crippen molar-refractivity contribution < 1.29 is 16.4 Å². The van der Waals surface area contributed by atoms with Gasteiger partial charge in [0.25, 0.3) is 0 Å². The maximum absolute atomic E-state index is 9.72. The fraction of sp³-hybridized carbons (Fsp3) is 0.375. The predicted molar refractivity (Wildman–Crippen MR) is 337 cm³/mol. The van der Waals surface area contributed by atoms with Gasteiger partial charge in [0.2, 0.25) is 0 Å². The average molecular weight is 1150 g/mol. The summed E-state index contributed by atoms with van der Waals surface area (Å²) in [7, 11) is 11.8. The van der Waals surface area contributed by atoms with E-state index in [9.17, 15) is 17.0 Å². The molecule has 0 saturated heterocycles. The zero-order valence-corrected chi connectivity index (χ0v) is 56.2. The minimum absolute atomic E-state index is 0.0871. The second-order valence-electron chi connectivity index (χ2n) is 26.4. The van der Waals surface area contributed by atoms with Crippen molar-refractivity contribution >= 4 is 105 Å². The number of fused-ring (bicyclic) bond motifs is 5. The number of rotatable bonds is 15. The van der Waals surface area contributed by atoms with Crippen LogP contribution in [0.4, 0.5) is 0 Å². The van der Waals surface area contributed by atoms with E-state index in [0.29, 0.717) is 0 Å². The van der Waals surface area contributed by atoms with Crippen molar-refractivity contribution in [1.82, 2.24) is 0 Å². The molecule has 0 saturated carbocycles. The summed E-state index contributed by atoms with van der Waals surface area (Å²) < 4.78 is 1.17. The fourth-order valence-corrected chi connectivity index (χ4v) is 45.8. The number of allylic oxidation sites excluding steroid dienone is 2. The molecule has 0 spiro atoms. The summed E-state index contributed by atoms with van der Waals surface area (Å²) in [5.74, 6) is 0. The molecule has 6 aromatic carbocycles. The van der Waals surface area contributed by atoms with Crippen LogP contribution in [0.3, 0.4) is 0 Å². The third-order valence-electron chi connectivity index (χ3n) is 17.0. The third kappa shape index (κ3) is 9.53. The Morgan fingerprint density at radius 3 is 1.29 bits per heavy atom. The fourth-order valence-electron chi connectivity index (χ4n) is 12.8. The molecule has 0 radical (unpaired) electrons. The van der Waals surface area contributed by atoms with E-state index in [4.69, 9.17) is 0 Å². The Labute approximate surface area is 450 Å². The molecule has 2 unspecified atom stereocenters. The van der Waals surface area contributed by atoms with E-state index in [1.807, 2.05) is 0 Å². The molecular weight excluding hydrogens is 1070 g/mol. The first-order valence-electron chi connectivity index (χ1n) is 27.4. The Hall–Kier alpha value is -2.65. The molecule has 3 aliphatic rings. The number of aryl methyl sites for hydroxylation is 2. The van der Waals surface area contributed by atoms with Crippen LogP contribution in [0.1, 0.15) is 93.0 Å². The number of halogens is 2. The molecule has 8 heteroatoms. The molecule has 0 fully saturated rings. The van der Waals surface area contributed by atoms with E-state index < -0.39 is 58.2 Å². The van der Waals surface area contributed by atoms with Crippen LogP contribution < -0.4 is 34.4 Å². The zero-order valence-electron chi connectivity index (χ0n) is 46.8. The van der Waals surface area contributed by atoms with Crippen molar-refractivity contribution in [2.24, 2.45) is 0 Å². The molecule has 0 bridgehead atoms. The van der Waals surface area contributed by atoms with E-state index in [1.165, 1.54) is 91.6 Å². The second-order valence-corrected chi connectivity index (χ2v) is 69.2. The van der Waals surface area contributed by atoms with E-state index in [1.54, 1.807) is 20.7 Å². The molecule has 9 rings (SSSR count). The molecule has 1 heterocycles. The van der Waals surface area contributed by atoms with Gasteiger partial charge in [-0.25, -0.2) is 0 Å². The topological polar surface area (TPSA) is 0 Å². The van der Waals surface area contributed by atoms with Gasteiger partial charge in [0.1, 0.15) is 0 Å².